The molecular weight excluding hydrogens is 436 g/mol. The molecule has 1 aromatic rings. The summed E-state index contributed by atoms with van der Waals surface area (Å²) in [6.45, 7) is 2.84. The first-order valence-corrected chi connectivity index (χ1v) is 13.2. The summed E-state index contributed by atoms with van der Waals surface area (Å²) in [5, 5.41) is 3.02. The SMILES string of the molecule is CCCCCCCCCCCCCCCCCC(=O)NCN(C)c1ccc(Br)cc1. The van der Waals surface area contributed by atoms with Crippen molar-refractivity contribution in [2.24, 2.45) is 0 Å². The molecule has 0 heterocycles. The van der Waals surface area contributed by atoms with Crippen LogP contribution >= 0.6 is 15.9 Å². The van der Waals surface area contributed by atoms with E-state index < -0.39 is 0 Å². The quantitative estimate of drug-likeness (QED) is 0.159. The first-order chi connectivity index (χ1) is 14.6. The summed E-state index contributed by atoms with van der Waals surface area (Å²) in [5.74, 6) is 0.161. The third-order valence-electron chi connectivity index (χ3n) is 5.79. The van der Waals surface area contributed by atoms with Crippen molar-refractivity contribution in [2.45, 2.75) is 110 Å². The topological polar surface area (TPSA) is 32.3 Å². The highest BCUT2D eigenvalue weighted by atomic mass is 79.9. The molecule has 0 saturated heterocycles. The van der Waals surface area contributed by atoms with Crippen molar-refractivity contribution >= 4 is 27.5 Å². The second kappa shape index (κ2) is 18.7. The van der Waals surface area contributed by atoms with E-state index >= 15 is 0 Å². The Morgan fingerprint density at radius 1 is 0.767 bits per heavy atom. The molecule has 0 radical (unpaired) electrons. The first kappa shape index (κ1) is 27.0. The number of nitrogens with one attached hydrogen (secondary N) is 1. The van der Waals surface area contributed by atoms with Gasteiger partial charge in [-0.15, -0.1) is 0 Å². The zero-order chi connectivity index (χ0) is 21.9. The molecule has 30 heavy (non-hydrogen) atoms. The maximum absolute atomic E-state index is 12.0. The van der Waals surface area contributed by atoms with Gasteiger partial charge in [-0.25, -0.2) is 0 Å². The summed E-state index contributed by atoms with van der Waals surface area (Å²) in [6.07, 6.45) is 20.9. The normalized spacial score (nSPS) is 10.9. The van der Waals surface area contributed by atoms with E-state index in [1.165, 1.54) is 89.9 Å². The summed E-state index contributed by atoms with van der Waals surface area (Å²) in [5.41, 5.74) is 1.10. The second-order valence-electron chi connectivity index (χ2n) is 8.63. The second-order valence-corrected chi connectivity index (χ2v) is 9.55. The number of rotatable bonds is 19. The summed E-state index contributed by atoms with van der Waals surface area (Å²) >= 11 is 3.44. The number of nitrogens with zero attached hydrogens (tertiary/aromatic N) is 1. The summed E-state index contributed by atoms with van der Waals surface area (Å²) in [4.78, 5) is 14.1. The highest BCUT2D eigenvalue weighted by Crippen LogP contribution is 2.17. The van der Waals surface area contributed by atoms with Gasteiger partial charge >= 0.3 is 0 Å². The molecule has 0 aliphatic carbocycles. The van der Waals surface area contributed by atoms with E-state index in [1.807, 2.05) is 31.3 Å². The molecule has 1 amide bonds. The maximum atomic E-state index is 12.0. The number of amides is 1. The van der Waals surface area contributed by atoms with Crippen LogP contribution in [-0.4, -0.2) is 19.6 Å². The Labute approximate surface area is 194 Å². The minimum Gasteiger partial charge on any atom is -0.357 e. The van der Waals surface area contributed by atoms with Gasteiger partial charge in [-0.05, 0) is 30.7 Å². The van der Waals surface area contributed by atoms with Crippen molar-refractivity contribution in [2.75, 3.05) is 18.6 Å². The predicted octanol–water partition coefficient (Wildman–Crippen LogP) is 8.22. The van der Waals surface area contributed by atoms with E-state index in [0.29, 0.717) is 13.1 Å². The van der Waals surface area contributed by atoms with Crippen LogP contribution in [0.15, 0.2) is 28.7 Å². The highest BCUT2D eigenvalue weighted by Gasteiger charge is 2.04. The standard InChI is InChI=1S/C26H45BrN2O/c1-3-4-5-6-7-8-9-10-11-12-13-14-15-16-17-18-26(30)28-23-29(2)25-21-19-24(27)20-22-25/h19-22H,3-18,23H2,1-2H3,(H,28,30). The molecule has 0 aliphatic rings. The molecule has 0 aliphatic heterocycles. The van der Waals surface area contributed by atoms with E-state index in [1.54, 1.807) is 0 Å². The first-order valence-electron chi connectivity index (χ1n) is 12.4. The van der Waals surface area contributed by atoms with E-state index in [0.717, 1.165) is 16.6 Å². The molecule has 3 nitrogen and oxygen atoms in total. The van der Waals surface area contributed by atoms with Crippen molar-refractivity contribution in [3.05, 3.63) is 28.7 Å². The van der Waals surface area contributed by atoms with E-state index in [4.69, 9.17) is 0 Å². The van der Waals surface area contributed by atoms with Gasteiger partial charge in [-0.3, -0.25) is 4.79 Å². The Morgan fingerprint density at radius 2 is 1.20 bits per heavy atom. The fourth-order valence-corrected chi connectivity index (χ4v) is 4.00. The summed E-state index contributed by atoms with van der Waals surface area (Å²) in [6, 6.07) is 8.13. The number of unbranched alkanes of at least 4 members (excludes halogenated alkanes) is 14. The van der Waals surface area contributed by atoms with Crippen LogP contribution in [0, 0.1) is 0 Å². The van der Waals surface area contributed by atoms with E-state index in [9.17, 15) is 4.79 Å². The van der Waals surface area contributed by atoms with Crippen LogP contribution in [-0.2, 0) is 4.79 Å². The maximum Gasteiger partial charge on any atom is 0.221 e. The van der Waals surface area contributed by atoms with Crippen molar-refractivity contribution in [1.82, 2.24) is 5.32 Å². The predicted molar refractivity (Wildman–Crippen MR) is 135 cm³/mol. The molecule has 172 valence electrons. The fourth-order valence-electron chi connectivity index (χ4n) is 3.74. The van der Waals surface area contributed by atoms with Crippen molar-refractivity contribution < 1.29 is 4.79 Å². The van der Waals surface area contributed by atoms with Crippen LogP contribution < -0.4 is 10.2 Å². The molecule has 0 saturated carbocycles. The van der Waals surface area contributed by atoms with Crippen LogP contribution in [0.5, 0.6) is 0 Å². The van der Waals surface area contributed by atoms with Gasteiger partial charge in [-0.2, -0.15) is 0 Å². The smallest absolute Gasteiger partial charge is 0.221 e. The van der Waals surface area contributed by atoms with Gasteiger partial charge in [0.1, 0.15) is 0 Å². The lowest BCUT2D eigenvalue weighted by Gasteiger charge is -2.19. The van der Waals surface area contributed by atoms with Crippen molar-refractivity contribution in [3.8, 4) is 0 Å². The molecule has 0 spiro atoms. The fraction of sp³-hybridized carbons (Fsp3) is 0.731. The van der Waals surface area contributed by atoms with Crippen molar-refractivity contribution in [1.29, 1.82) is 0 Å². The summed E-state index contributed by atoms with van der Waals surface area (Å²) in [7, 11) is 2.00. The average Bonchev–Trinajstić information content (AvgIpc) is 2.75. The Morgan fingerprint density at radius 3 is 1.67 bits per heavy atom. The molecule has 0 unspecified atom stereocenters. The largest absolute Gasteiger partial charge is 0.357 e. The monoisotopic (exact) mass is 480 g/mol. The third kappa shape index (κ3) is 14.9. The number of hydrogen-bond donors (Lipinski definition) is 1. The molecule has 1 aromatic carbocycles. The molecule has 0 bridgehead atoms. The Balaban J connectivity index is 1.85. The number of carbonyl (C=O) groups excluding carboxylic acids is 1. The Bertz CT molecular complexity index is 532. The number of carbonyl (C=O) groups is 1. The Kier molecular flexibility index (Phi) is 16.8. The molecular formula is C26H45BrN2O. The van der Waals surface area contributed by atoms with Gasteiger partial charge < -0.3 is 10.2 Å². The number of halogens is 1. The van der Waals surface area contributed by atoms with Gasteiger partial charge in [0.25, 0.3) is 0 Å². The lowest BCUT2D eigenvalue weighted by atomic mass is 10.0. The number of hydrogen-bond acceptors (Lipinski definition) is 2. The average molecular weight is 482 g/mol. The van der Waals surface area contributed by atoms with Gasteiger partial charge in [0.2, 0.25) is 5.91 Å². The van der Waals surface area contributed by atoms with Crippen LogP contribution in [0.4, 0.5) is 5.69 Å². The van der Waals surface area contributed by atoms with Gasteiger partial charge in [0.05, 0.1) is 6.67 Å². The Hall–Kier alpha value is -1.03. The molecule has 0 fully saturated rings. The van der Waals surface area contributed by atoms with E-state index in [-0.39, 0.29) is 5.91 Å². The number of anilines is 1. The minimum absolute atomic E-state index is 0.161. The molecule has 1 rings (SSSR count). The zero-order valence-corrected chi connectivity index (χ0v) is 21.1. The van der Waals surface area contributed by atoms with Crippen LogP contribution in [0.25, 0.3) is 0 Å². The van der Waals surface area contributed by atoms with Gasteiger partial charge in [-0.1, -0.05) is 113 Å². The molecule has 4 heteroatoms. The molecule has 0 aromatic heterocycles. The van der Waals surface area contributed by atoms with Gasteiger partial charge in [0, 0.05) is 23.6 Å². The number of benzene rings is 1. The third-order valence-corrected chi connectivity index (χ3v) is 6.32. The van der Waals surface area contributed by atoms with Crippen LogP contribution in [0.1, 0.15) is 110 Å². The van der Waals surface area contributed by atoms with Gasteiger partial charge in [0.15, 0.2) is 0 Å². The van der Waals surface area contributed by atoms with Crippen LogP contribution in [0.3, 0.4) is 0 Å². The lowest BCUT2D eigenvalue weighted by molar-refractivity contribution is -0.121. The van der Waals surface area contributed by atoms with E-state index in [2.05, 4.69) is 33.1 Å². The minimum atomic E-state index is 0.161. The molecule has 1 N–H and O–H groups in total. The highest BCUT2D eigenvalue weighted by molar-refractivity contribution is 9.10. The lowest BCUT2D eigenvalue weighted by Crippen LogP contribution is -2.35. The molecule has 0 atom stereocenters. The van der Waals surface area contributed by atoms with Crippen LogP contribution in [0.2, 0.25) is 0 Å². The van der Waals surface area contributed by atoms with Crippen molar-refractivity contribution in [3.63, 3.8) is 0 Å². The zero-order valence-electron chi connectivity index (χ0n) is 19.6. The summed E-state index contributed by atoms with van der Waals surface area (Å²) < 4.78 is 1.07.